The molecule has 3 N–H and O–H groups in total. The highest BCUT2D eigenvalue weighted by atomic mass is 32.1. The highest BCUT2D eigenvalue weighted by Crippen LogP contribution is 2.15. The van der Waals surface area contributed by atoms with Crippen LogP contribution in [0.3, 0.4) is 0 Å². The van der Waals surface area contributed by atoms with Gasteiger partial charge in [0.2, 0.25) is 0 Å². The summed E-state index contributed by atoms with van der Waals surface area (Å²) in [5, 5.41) is 8.80. The number of carbonyl (C=O) groups is 1. The molecule has 0 saturated heterocycles. The molecule has 1 aromatic heterocycles. The second-order valence-corrected chi connectivity index (χ2v) is 3.19. The van der Waals surface area contributed by atoms with Crippen molar-refractivity contribution in [3.05, 3.63) is 17.2 Å². The maximum absolute atomic E-state index is 10.1. The zero-order valence-corrected chi connectivity index (χ0v) is 7.04. The molecule has 0 spiro atoms. The predicted octanol–water partition coefficient (Wildman–Crippen LogP) is 1.21. The van der Waals surface area contributed by atoms with E-state index in [1.807, 2.05) is 0 Å². The Morgan fingerprint density at radius 2 is 2.58 bits per heavy atom. The first kappa shape index (κ1) is 8.73. The molecule has 12 heavy (non-hydrogen) atoms. The van der Waals surface area contributed by atoms with Gasteiger partial charge in [-0.2, -0.15) is 0 Å². The third-order valence-corrected chi connectivity index (χ3v) is 1.91. The van der Waals surface area contributed by atoms with Crippen molar-refractivity contribution in [2.24, 2.45) is 0 Å². The van der Waals surface area contributed by atoms with Crippen molar-refractivity contribution >= 4 is 28.5 Å². The van der Waals surface area contributed by atoms with Gasteiger partial charge in [0.1, 0.15) is 0 Å². The smallest absolute Gasteiger partial charge is 0.307 e. The highest BCUT2D eigenvalue weighted by molar-refractivity contribution is 7.16. The van der Waals surface area contributed by atoms with Gasteiger partial charge in [-0.25, -0.2) is 4.98 Å². The average Bonchev–Trinajstić information content (AvgIpc) is 2.35. The van der Waals surface area contributed by atoms with Crippen LogP contribution in [0.1, 0.15) is 11.3 Å². The molecule has 4 nitrogen and oxygen atoms in total. The molecule has 0 saturated carbocycles. The topological polar surface area (TPSA) is 76.2 Å². The largest absolute Gasteiger partial charge is 0.481 e. The molecule has 1 heterocycles. The summed E-state index contributed by atoms with van der Waals surface area (Å²) in [4.78, 5) is 14.8. The van der Waals surface area contributed by atoms with Gasteiger partial charge in [0, 0.05) is 11.1 Å². The van der Waals surface area contributed by atoms with Crippen molar-refractivity contribution in [3.8, 4) is 0 Å². The van der Waals surface area contributed by atoms with E-state index in [-0.39, 0.29) is 6.42 Å². The Kier molecular flexibility index (Phi) is 2.82. The number of nitrogen functional groups attached to an aromatic ring is 1. The fourth-order valence-corrected chi connectivity index (χ4v) is 1.27. The maximum atomic E-state index is 10.1. The van der Waals surface area contributed by atoms with Crippen molar-refractivity contribution in [1.82, 2.24) is 4.98 Å². The van der Waals surface area contributed by atoms with Gasteiger partial charge in [0.15, 0.2) is 5.13 Å². The summed E-state index contributed by atoms with van der Waals surface area (Å²) in [6, 6.07) is 0. The number of carboxylic acids is 1. The zero-order chi connectivity index (χ0) is 8.97. The zero-order valence-electron chi connectivity index (χ0n) is 6.23. The van der Waals surface area contributed by atoms with E-state index in [9.17, 15) is 4.79 Å². The molecule has 5 heteroatoms. The fraction of sp³-hybridized carbons (Fsp3) is 0.143. The molecule has 0 bridgehead atoms. The number of thiazole rings is 1. The molecule has 0 aliphatic carbocycles. The lowest BCUT2D eigenvalue weighted by Crippen LogP contribution is -1.89. The summed E-state index contributed by atoms with van der Waals surface area (Å²) < 4.78 is 0. The molecule has 0 atom stereocenters. The summed E-state index contributed by atoms with van der Waals surface area (Å²) in [6.45, 7) is 0. The van der Waals surface area contributed by atoms with E-state index in [0.717, 1.165) is 4.88 Å². The first-order valence-electron chi connectivity index (χ1n) is 3.28. The number of aromatic nitrogens is 1. The maximum Gasteiger partial charge on any atom is 0.307 e. The minimum atomic E-state index is -0.844. The number of hydrogen-bond donors (Lipinski definition) is 2. The van der Waals surface area contributed by atoms with Gasteiger partial charge >= 0.3 is 5.97 Å². The third kappa shape index (κ3) is 2.71. The van der Waals surface area contributed by atoms with E-state index in [4.69, 9.17) is 10.8 Å². The third-order valence-electron chi connectivity index (χ3n) is 1.12. The second-order valence-electron chi connectivity index (χ2n) is 2.10. The number of rotatable bonds is 3. The SMILES string of the molecule is Nc1ncc(C=CCC(=O)O)s1. The van der Waals surface area contributed by atoms with E-state index in [2.05, 4.69) is 4.98 Å². The average molecular weight is 184 g/mol. The van der Waals surface area contributed by atoms with Crippen LogP contribution in [0, 0.1) is 0 Å². The van der Waals surface area contributed by atoms with Crippen LogP contribution in [0.4, 0.5) is 5.13 Å². The van der Waals surface area contributed by atoms with Crippen LogP contribution in [0.25, 0.3) is 6.08 Å². The van der Waals surface area contributed by atoms with E-state index in [1.165, 1.54) is 11.3 Å². The van der Waals surface area contributed by atoms with Crippen molar-refractivity contribution < 1.29 is 9.90 Å². The number of nitrogens with two attached hydrogens (primary N) is 1. The fourth-order valence-electron chi connectivity index (χ4n) is 0.654. The Hall–Kier alpha value is -1.36. The first-order valence-corrected chi connectivity index (χ1v) is 4.10. The van der Waals surface area contributed by atoms with E-state index in [0.29, 0.717) is 5.13 Å². The number of carboxylic acid groups (broad SMARTS) is 1. The van der Waals surface area contributed by atoms with Crippen LogP contribution in [0.5, 0.6) is 0 Å². The van der Waals surface area contributed by atoms with Crippen molar-refractivity contribution in [2.45, 2.75) is 6.42 Å². The lowest BCUT2D eigenvalue weighted by Gasteiger charge is -1.82. The quantitative estimate of drug-likeness (QED) is 0.740. The van der Waals surface area contributed by atoms with Crippen LogP contribution in [0.2, 0.25) is 0 Å². The molecule has 0 unspecified atom stereocenters. The summed E-state index contributed by atoms with van der Waals surface area (Å²) in [7, 11) is 0. The molecule has 1 rings (SSSR count). The van der Waals surface area contributed by atoms with Gasteiger partial charge in [-0.1, -0.05) is 17.4 Å². The molecular weight excluding hydrogens is 176 g/mol. The van der Waals surface area contributed by atoms with Crippen LogP contribution < -0.4 is 5.73 Å². The van der Waals surface area contributed by atoms with Crippen molar-refractivity contribution in [2.75, 3.05) is 5.73 Å². The van der Waals surface area contributed by atoms with E-state index >= 15 is 0 Å². The molecule has 0 aliphatic rings. The minimum Gasteiger partial charge on any atom is -0.481 e. The lowest BCUT2D eigenvalue weighted by atomic mass is 10.3. The number of nitrogens with zero attached hydrogens (tertiary/aromatic N) is 1. The predicted molar refractivity (Wildman–Crippen MR) is 47.8 cm³/mol. The number of hydrogen-bond acceptors (Lipinski definition) is 4. The van der Waals surface area contributed by atoms with Gasteiger partial charge < -0.3 is 10.8 Å². The van der Waals surface area contributed by atoms with Gasteiger partial charge in [-0.05, 0) is 6.08 Å². The Morgan fingerprint density at radius 1 is 1.83 bits per heavy atom. The molecule has 0 radical (unpaired) electrons. The number of anilines is 1. The minimum absolute atomic E-state index is 0.0256. The molecule has 0 aliphatic heterocycles. The summed E-state index contributed by atoms with van der Waals surface area (Å²) in [5.41, 5.74) is 5.37. The van der Waals surface area contributed by atoms with Crippen LogP contribution in [0.15, 0.2) is 12.3 Å². The van der Waals surface area contributed by atoms with Gasteiger partial charge in [-0.15, -0.1) is 0 Å². The van der Waals surface area contributed by atoms with Gasteiger partial charge in [-0.3, -0.25) is 4.79 Å². The molecule has 0 fully saturated rings. The normalized spacial score (nSPS) is 10.7. The summed E-state index contributed by atoms with van der Waals surface area (Å²) >= 11 is 1.33. The molecule has 0 amide bonds. The lowest BCUT2D eigenvalue weighted by molar-refractivity contribution is -0.135. The van der Waals surface area contributed by atoms with Crippen LogP contribution in [-0.2, 0) is 4.79 Å². The Bertz CT molecular complexity index is 306. The first-order chi connectivity index (χ1) is 5.68. The van der Waals surface area contributed by atoms with E-state index in [1.54, 1.807) is 18.3 Å². The van der Waals surface area contributed by atoms with Gasteiger partial charge in [0.05, 0.1) is 6.42 Å². The molecule has 1 aromatic rings. The highest BCUT2D eigenvalue weighted by Gasteiger charge is 1.94. The van der Waals surface area contributed by atoms with Crippen LogP contribution >= 0.6 is 11.3 Å². The standard InChI is InChI=1S/C7H8N2O2S/c8-7-9-4-5(12-7)2-1-3-6(10)11/h1-2,4H,3H2,(H2,8,9)(H,10,11). The Balaban J connectivity index is 2.52. The molecule has 0 aromatic carbocycles. The van der Waals surface area contributed by atoms with Gasteiger partial charge in [0.25, 0.3) is 0 Å². The summed E-state index contributed by atoms with van der Waals surface area (Å²) in [5.74, 6) is -0.844. The monoisotopic (exact) mass is 184 g/mol. The Morgan fingerprint density at radius 3 is 3.08 bits per heavy atom. The van der Waals surface area contributed by atoms with E-state index < -0.39 is 5.97 Å². The number of aliphatic carboxylic acids is 1. The Labute approximate surface area is 73.4 Å². The van der Waals surface area contributed by atoms with Crippen LogP contribution in [-0.4, -0.2) is 16.1 Å². The molecular formula is C7H8N2O2S. The summed E-state index contributed by atoms with van der Waals surface area (Å²) in [6.07, 6.45) is 4.90. The molecule has 64 valence electrons. The van der Waals surface area contributed by atoms with Crippen molar-refractivity contribution in [3.63, 3.8) is 0 Å². The second kappa shape index (κ2) is 3.87. The van der Waals surface area contributed by atoms with Crippen molar-refractivity contribution in [1.29, 1.82) is 0 Å².